The van der Waals surface area contributed by atoms with E-state index >= 15 is 0 Å². The summed E-state index contributed by atoms with van der Waals surface area (Å²) in [5.41, 5.74) is 2.04. The van der Waals surface area contributed by atoms with Crippen LogP contribution in [0.3, 0.4) is 0 Å². The first kappa shape index (κ1) is 14.9. The van der Waals surface area contributed by atoms with Crippen LogP contribution in [0.2, 0.25) is 0 Å². The molecule has 2 rings (SSSR count). The second-order valence-electron chi connectivity index (χ2n) is 4.26. The van der Waals surface area contributed by atoms with Gasteiger partial charge in [0.2, 0.25) is 0 Å². The lowest BCUT2D eigenvalue weighted by atomic mass is 10.2. The van der Waals surface area contributed by atoms with Crippen molar-refractivity contribution in [2.75, 3.05) is 6.61 Å². The minimum absolute atomic E-state index is 0.245. The molecule has 0 aliphatic heterocycles. The van der Waals surface area contributed by atoms with Crippen LogP contribution in [-0.4, -0.2) is 6.61 Å². The molecule has 2 aromatic rings. The molecule has 0 aromatic heterocycles. The van der Waals surface area contributed by atoms with Gasteiger partial charge >= 0.3 is 0 Å². The highest BCUT2D eigenvalue weighted by molar-refractivity contribution is 9.08. The zero-order chi connectivity index (χ0) is 14.4. The van der Waals surface area contributed by atoms with Gasteiger partial charge in [0.25, 0.3) is 0 Å². The second kappa shape index (κ2) is 7.29. The number of hydrogen-bond acceptors (Lipinski definition) is 2. The van der Waals surface area contributed by atoms with Crippen LogP contribution in [0, 0.1) is 5.82 Å². The van der Waals surface area contributed by atoms with Crippen LogP contribution in [-0.2, 0) is 11.9 Å². The van der Waals surface area contributed by atoms with Crippen molar-refractivity contribution < 1.29 is 13.9 Å². The molecule has 0 aliphatic rings. The summed E-state index contributed by atoms with van der Waals surface area (Å²) in [6, 6.07) is 12.1. The third-order valence-corrected chi connectivity index (χ3v) is 3.42. The number of benzene rings is 2. The molecule has 0 heterocycles. The van der Waals surface area contributed by atoms with Gasteiger partial charge in [-0.1, -0.05) is 34.1 Å². The summed E-state index contributed by atoms with van der Waals surface area (Å²) in [5.74, 6) is 1.18. The van der Waals surface area contributed by atoms with E-state index in [0.29, 0.717) is 19.0 Å². The lowest BCUT2D eigenvalue weighted by molar-refractivity contribution is 0.269. The lowest BCUT2D eigenvalue weighted by Crippen LogP contribution is -2.00. The third kappa shape index (κ3) is 3.97. The van der Waals surface area contributed by atoms with Crippen LogP contribution in [0.25, 0.3) is 0 Å². The summed E-state index contributed by atoms with van der Waals surface area (Å²) < 4.78 is 24.2. The Morgan fingerprint density at radius 1 is 0.950 bits per heavy atom. The Hall–Kier alpha value is -1.55. The van der Waals surface area contributed by atoms with Gasteiger partial charge in [-0.2, -0.15) is 0 Å². The van der Waals surface area contributed by atoms with Gasteiger partial charge in [-0.05, 0) is 42.3 Å². The number of alkyl halides is 1. The second-order valence-corrected chi connectivity index (χ2v) is 4.82. The van der Waals surface area contributed by atoms with Gasteiger partial charge in [0.05, 0.1) is 6.61 Å². The van der Waals surface area contributed by atoms with E-state index in [1.165, 1.54) is 12.1 Å². The highest BCUT2D eigenvalue weighted by atomic mass is 79.9. The highest BCUT2D eigenvalue weighted by Gasteiger charge is 2.06. The van der Waals surface area contributed by atoms with Gasteiger partial charge in [-0.3, -0.25) is 0 Å². The van der Waals surface area contributed by atoms with Crippen molar-refractivity contribution >= 4 is 15.9 Å². The van der Waals surface area contributed by atoms with Crippen molar-refractivity contribution in [3.8, 4) is 11.5 Å². The van der Waals surface area contributed by atoms with Crippen LogP contribution in [0.15, 0.2) is 42.5 Å². The first-order chi connectivity index (χ1) is 9.72. The van der Waals surface area contributed by atoms with Gasteiger partial charge in [0.15, 0.2) is 11.5 Å². The standard InChI is InChI=1S/C16H16BrFO2/c1-2-19-16-9-13(10-17)5-8-15(16)20-11-12-3-6-14(18)7-4-12/h3-9H,2,10-11H2,1H3. The van der Waals surface area contributed by atoms with E-state index in [-0.39, 0.29) is 5.82 Å². The molecule has 20 heavy (non-hydrogen) atoms. The summed E-state index contributed by atoms with van der Waals surface area (Å²) >= 11 is 3.42. The SMILES string of the molecule is CCOc1cc(CBr)ccc1OCc1ccc(F)cc1. The molecule has 0 saturated carbocycles. The Morgan fingerprint density at radius 2 is 1.65 bits per heavy atom. The maximum absolute atomic E-state index is 12.8. The minimum atomic E-state index is -0.245. The van der Waals surface area contributed by atoms with E-state index in [1.807, 2.05) is 25.1 Å². The van der Waals surface area contributed by atoms with Gasteiger partial charge in [0, 0.05) is 5.33 Å². The summed E-state index contributed by atoms with van der Waals surface area (Å²) in [6.45, 7) is 2.90. The topological polar surface area (TPSA) is 18.5 Å². The van der Waals surface area contributed by atoms with Crippen LogP contribution < -0.4 is 9.47 Å². The predicted molar refractivity (Wildman–Crippen MR) is 81.0 cm³/mol. The molecule has 0 unspecified atom stereocenters. The van der Waals surface area contributed by atoms with Crippen LogP contribution in [0.4, 0.5) is 4.39 Å². The first-order valence-electron chi connectivity index (χ1n) is 6.42. The molecular weight excluding hydrogens is 323 g/mol. The fourth-order valence-corrected chi connectivity index (χ4v) is 2.11. The summed E-state index contributed by atoms with van der Waals surface area (Å²) in [4.78, 5) is 0. The number of halogens is 2. The number of hydrogen-bond donors (Lipinski definition) is 0. The summed E-state index contributed by atoms with van der Waals surface area (Å²) in [6.07, 6.45) is 0. The smallest absolute Gasteiger partial charge is 0.161 e. The average Bonchev–Trinajstić information content (AvgIpc) is 2.48. The van der Waals surface area contributed by atoms with Crippen LogP contribution >= 0.6 is 15.9 Å². The lowest BCUT2D eigenvalue weighted by Gasteiger charge is -2.13. The van der Waals surface area contributed by atoms with Crippen LogP contribution in [0.5, 0.6) is 11.5 Å². The van der Waals surface area contributed by atoms with E-state index in [4.69, 9.17) is 9.47 Å². The summed E-state index contributed by atoms with van der Waals surface area (Å²) in [5, 5.41) is 0.769. The molecule has 2 aromatic carbocycles. The van der Waals surface area contributed by atoms with E-state index < -0.39 is 0 Å². The normalized spacial score (nSPS) is 10.3. The molecule has 0 fully saturated rings. The Bertz CT molecular complexity index is 555. The molecular formula is C16H16BrFO2. The Kier molecular flexibility index (Phi) is 5.41. The van der Waals surface area contributed by atoms with Crippen molar-refractivity contribution in [2.45, 2.75) is 18.9 Å². The molecule has 0 aliphatic carbocycles. The largest absolute Gasteiger partial charge is 0.490 e. The van der Waals surface area contributed by atoms with Crippen molar-refractivity contribution in [2.24, 2.45) is 0 Å². The molecule has 0 saturated heterocycles. The van der Waals surface area contributed by atoms with Gasteiger partial charge in [-0.15, -0.1) is 0 Å². The van der Waals surface area contributed by atoms with Crippen molar-refractivity contribution in [1.29, 1.82) is 0 Å². The molecule has 4 heteroatoms. The van der Waals surface area contributed by atoms with Gasteiger partial charge < -0.3 is 9.47 Å². The highest BCUT2D eigenvalue weighted by Crippen LogP contribution is 2.30. The fraction of sp³-hybridized carbons (Fsp3) is 0.250. The Labute approximate surface area is 126 Å². The molecule has 0 spiro atoms. The van der Waals surface area contributed by atoms with E-state index in [9.17, 15) is 4.39 Å². The first-order valence-corrected chi connectivity index (χ1v) is 7.54. The third-order valence-electron chi connectivity index (χ3n) is 2.77. The van der Waals surface area contributed by atoms with E-state index in [1.54, 1.807) is 12.1 Å². The molecule has 0 radical (unpaired) electrons. The number of rotatable bonds is 6. The van der Waals surface area contributed by atoms with E-state index in [0.717, 1.165) is 22.2 Å². The van der Waals surface area contributed by atoms with Crippen molar-refractivity contribution in [3.63, 3.8) is 0 Å². The maximum atomic E-state index is 12.8. The van der Waals surface area contributed by atoms with Gasteiger partial charge in [-0.25, -0.2) is 4.39 Å². The quantitative estimate of drug-likeness (QED) is 0.711. The van der Waals surface area contributed by atoms with Crippen molar-refractivity contribution in [1.82, 2.24) is 0 Å². The Morgan fingerprint density at radius 3 is 2.30 bits per heavy atom. The average molecular weight is 339 g/mol. The zero-order valence-corrected chi connectivity index (χ0v) is 12.8. The van der Waals surface area contributed by atoms with E-state index in [2.05, 4.69) is 15.9 Å². The molecule has 2 nitrogen and oxygen atoms in total. The Balaban J connectivity index is 2.09. The van der Waals surface area contributed by atoms with Crippen LogP contribution in [0.1, 0.15) is 18.1 Å². The number of ether oxygens (including phenoxy) is 2. The monoisotopic (exact) mass is 338 g/mol. The van der Waals surface area contributed by atoms with Gasteiger partial charge in [0.1, 0.15) is 12.4 Å². The maximum Gasteiger partial charge on any atom is 0.161 e. The molecule has 0 atom stereocenters. The minimum Gasteiger partial charge on any atom is -0.490 e. The molecule has 0 N–H and O–H groups in total. The zero-order valence-electron chi connectivity index (χ0n) is 11.2. The molecule has 106 valence electrons. The van der Waals surface area contributed by atoms with Crippen molar-refractivity contribution in [3.05, 3.63) is 59.4 Å². The summed E-state index contributed by atoms with van der Waals surface area (Å²) in [7, 11) is 0. The fourth-order valence-electron chi connectivity index (χ4n) is 1.76. The molecule has 0 amide bonds. The predicted octanol–water partition coefficient (Wildman–Crippen LogP) is 4.70. The molecule has 0 bridgehead atoms.